The van der Waals surface area contributed by atoms with Gasteiger partial charge in [-0.1, -0.05) is 13.8 Å². The van der Waals surface area contributed by atoms with E-state index in [4.69, 9.17) is 0 Å². The van der Waals surface area contributed by atoms with Crippen molar-refractivity contribution in [1.29, 1.82) is 0 Å². The van der Waals surface area contributed by atoms with Crippen LogP contribution in [0.4, 0.5) is 0 Å². The lowest BCUT2D eigenvalue weighted by Gasteiger charge is -2.57. The van der Waals surface area contributed by atoms with E-state index in [1.54, 1.807) is 0 Å². The second kappa shape index (κ2) is 6.34. The van der Waals surface area contributed by atoms with Crippen LogP contribution in [0.25, 0.3) is 0 Å². The summed E-state index contributed by atoms with van der Waals surface area (Å²) in [6, 6.07) is 0. The molecule has 0 spiro atoms. The fraction of sp³-hybridized carbons (Fsp3) is 0.955. The van der Waals surface area contributed by atoms with E-state index in [9.17, 15) is 15.0 Å². The molecule has 142 valence electrons. The highest BCUT2D eigenvalue weighted by atomic mass is 16.3. The maximum Gasteiger partial charge on any atom is 0.161 e. The largest absolute Gasteiger partial charge is 0.390 e. The Kier molecular flexibility index (Phi) is 4.56. The molecule has 2 N–H and O–H groups in total. The Balaban J connectivity index is 1.52. The molecule has 0 bridgehead atoms. The minimum absolute atomic E-state index is 0.0859. The highest BCUT2D eigenvalue weighted by Gasteiger charge is 2.58. The van der Waals surface area contributed by atoms with E-state index in [1.807, 2.05) is 0 Å². The van der Waals surface area contributed by atoms with Crippen LogP contribution >= 0.6 is 0 Å². The number of hydrogen-bond donors (Lipinski definition) is 2. The van der Waals surface area contributed by atoms with Gasteiger partial charge in [0.05, 0.1) is 5.60 Å². The first-order valence-electron chi connectivity index (χ1n) is 10.8. The molecule has 0 amide bonds. The smallest absolute Gasteiger partial charge is 0.161 e. The lowest BCUT2D eigenvalue weighted by Crippen LogP contribution is -2.51. The summed E-state index contributed by atoms with van der Waals surface area (Å²) in [4.78, 5) is 12.3. The summed E-state index contributed by atoms with van der Waals surface area (Å²) < 4.78 is 0. The Labute approximate surface area is 152 Å². The Bertz CT molecular complexity index is 531. The third-order valence-electron chi connectivity index (χ3n) is 9.31. The third-order valence-corrected chi connectivity index (χ3v) is 9.31. The molecular weight excluding hydrogens is 312 g/mol. The fourth-order valence-electron chi connectivity index (χ4n) is 7.92. The van der Waals surface area contributed by atoms with Gasteiger partial charge in [-0.25, -0.2) is 0 Å². The molecule has 3 heteroatoms. The standard InChI is InChI=1S/C22H36O3/c1-3-22(25)11-9-15-14(12-22)4-5-17-16(15)8-10-21(2)18(17)6-7-19(21)20(24)13-23/h14-19,23,25H,3-13H2,1-2H3. The molecule has 0 saturated heterocycles. The molecule has 0 aliphatic heterocycles. The number of carbonyl (C=O) groups is 1. The van der Waals surface area contributed by atoms with Crippen molar-refractivity contribution in [2.24, 2.45) is 40.9 Å². The van der Waals surface area contributed by atoms with Gasteiger partial charge in [-0.2, -0.15) is 0 Å². The van der Waals surface area contributed by atoms with Crippen molar-refractivity contribution in [3.05, 3.63) is 0 Å². The first-order chi connectivity index (χ1) is 11.9. The molecule has 4 aliphatic rings. The van der Waals surface area contributed by atoms with Crippen LogP contribution in [0.5, 0.6) is 0 Å². The quantitative estimate of drug-likeness (QED) is 0.812. The summed E-state index contributed by atoms with van der Waals surface area (Å²) in [5, 5.41) is 20.2. The molecular formula is C22H36O3. The zero-order valence-corrected chi connectivity index (χ0v) is 16.0. The van der Waals surface area contributed by atoms with Crippen molar-refractivity contribution in [2.75, 3.05) is 6.61 Å². The summed E-state index contributed by atoms with van der Waals surface area (Å²) in [5.74, 6) is 3.99. The molecule has 0 aromatic rings. The van der Waals surface area contributed by atoms with Crippen LogP contribution in [0.2, 0.25) is 0 Å². The number of aliphatic hydroxyl groups excluding tert-OH is 1. The first kappa shape index (κ1) is 18.0. The summed E-state index contributed by atoms with van der Waals surface area (Å²) >= 11 is 0. The lowest BCUT2D eigenvalue weighted by atomic mass is 9.48. The first-order valence-corrected chi connectivity index (χ1v) is 10.8. The van der Waals surface area contributed by atoms with Gasteiger partial charge in [0.15, 0.2) is 5.78 Å². The van der Waals surface area contributed by atoms with E-state index < -0.39 is 5.60 Å². The molecule has 4 aliphatic carbocycles. The van der Waals surface area contributed by atoms with E-state index in [0.29, 0.717) is 5.92 Å². The molecule has 0 aromatic carbocycles. The average Bonchev–Trinajstić information content (AvgIpc) is 2.98. The van der Waals surface area contributed by atoms with Gasteiger partial charge in [0.1, 0.15) is 6.61 Å². The van der Waals surface area contributed by atoms with Crippen LogP contribution < -0.4 is 0 Å². The van der Waals surface area contributed by atoms with Crippen LogP contribution in [0.15, 0.2) is 0 Å². The van der Waals surface area contributed by atoms with Gasteiger partial charge in [0.25, 0.3) is 0 Å². The number of aliphatic hydroxyl groups is 2. The van der Waals surface area contributed by atoms with Crippen LogP contribution in [-0.2, 0) is 4.79 Å². The molecule has 0 aromatic heterocycles. The fourth-order valence-corrected chi connectivity index (χ4v) is 7.92. The predicted octanol–water partition coefficient (Wildman–Crippen LogP) is 3.96. The molecule has 4 saturated carbocycles. The minimum Gasteiger partial charge on any atom is -0.390 e. The molecule has 0 radical (unpaired) electrons. The van der Waals surface area contributed by atoms with Crippen LogP contribution in [-0.4, -0.2) is 28.2 Å². The van der Waals surface area contributed by atoms with Gasteiger partial charge >= 0.3 is 0 Å². The van der Waals surface area contributed by atoms with Gasteiger partial charge in [-0.3, -0.25) is 4.79 Å². The zero-order valence-electron chi connectivity index (χ0n) is 16.0. The van der Waals surface area contributed by atoms with E-state index in [2.05, 4.69) is 13.8 Å². The van der Waals surface area contributed by atoms with Crippen molar-refractivity contribution in [3.8, 4) is 0 Å². The summed E-state index contributed by atoms with van der Waals surface area (Å²) in [5.41, 5.74) is -0.268. The number of hydrogen-bond acceptors (Lipinski definition) is 3. The number of Topliss-reactive ketones (excluding diaryl/α,β-unsaturated/α-hetero) is 1. The normalized spacial score (nSPS) is 52.2. The van der Waals surface area contributed by atoms with E-state index >= 15 is 0 Å². The Morgan fingerprint density at radius 1 is 1.00 bits per heavy atom. The van der Waals surface area contributed by atoms with E-state index in [0.717, 1.165) is 55.8 Å². The van der Waals surface area contributed by atoms with Gasteiger partial charge in [0.2, 0.25) is 0 Å². The highest BCUT2D eigenvalue weighted by molar-refractivity contribution is 5.83. The Hall–Kier alpha value is -0.410. The topological polar surface area (TPSA) is 57.5 Å². The monoisotopic (exact) mass is 348 g/mol. The Morgan fingerprint density at radius 2 is 1.76 bits per heavy atom. The molecule has 25 heavy (non-hydrogen) atoms. The lowest BCUT2D eigenvalue weighted by molar-refractivity contribution is -0.135. The number of carbonyl (C=O) groups excluding carboxylic acids is 1. The highest BCUT2D eigenvalue weighted by Crippen LogP contribution is 2.64. The second-order valence-corrected chi connectivity index (χ2v) is 10.1. The van der Waals surface area contributed by atoms with Crippen molar-refractivity contribution >= 4 is 5.78 Å². The minimum atomic E-state index is -0.400. The van der Waals surface area contributed by atoms with Gasteiger partial charge < -0.3 is 10.2 Å². The van der Waals surface area contributed by atoms with Crippen molar-refractivity contribution in [3.63, 3.8) is 0 Å². The van der Waals surface area contributed by atoms with E-state index in [-0.39, 0.29) is 23.7 Å². The maximum absolute atomic E-state index is 12.3. The summed E-state index contributed by atoms with van der Waals surface area (Å²) in [6.45, 7) is 4.21. The molecule has 0 heterocycles. The number of ketones is 1. The summed E-state index contributed by atoms with van der Waals surface area (Å²) in [7, 11) is 0. The molecule has 8 atom stereocenters. The maximum atomic E-state index is 12.3. The van der Waals surface area contributed by atoms with E-state index in [1.165, 1.54) is 32.1 Å². The van der Waals surface area contributed by atoms with Crippen molar-refractivity contribution < 1.29 is 15.0 Å². The van der Waals surface area contributed by atoms with Crippen LogP contribution in [0, 0.1) is 40.9 Å². The second-order valence-electron chi connectivity index (χ2n) is 10.1. The van der Waals surface area contributed by atoms with Gasteiger partial charge in [-0.05, 0) is 99.2 Å². The third kappa shape index (κ3) is 2.72. The average molecular weight is 349 g/mol. The van der Waals surface area contributed by atoms with Crippen molar-refractivity contribution in [1.82, 2.24) is 0 Å². The number of fused-ring (bicyclic) bond motifs is 5. The molecule has 4 rings (SSSR count). The molecule has 3 nitrogen and oxygen atoms in total. The zero-order chi connectivity index (χ0) is 17.8. The number of rotatable bonds is 3. The van der Waals surface area contributed by atoms with Crippen LogP contribution in [0.3, 0.4) is 0 Å². The van der Waals surface area contributed by atoms with Crippen LogP contribution in [0.1, 0.15) is 78.1 Å². The predicted molar refractivity (Wildman–Crippen MR) is 97.9 cm³/mol. The van der Waals surface area contributed by atoms with Gasteiger partial charge in [-0.15, -0.1) is 0 Å². The summed E-state index contributed by atoms with van der Waals surface area (Å²) in [6.07, 6.45) is 11.3. The Morgan fingerprint density at radius 3 is 2.48 bits per heavy atom. The van der Waals surface area contributed by atoms with Gasteiger partial charge in [0, 0.05) is 5.92 Å². The molecule has 8 unspecified atom stereocenters. The molecule has 4 fully saturated rings. The van der Waals surface area contributed by atoms with Crippen molar-refractivity contribution in [2.45, 2.75) is 83.7 Å². The SMILES string of the molecule is CCC1(O)CCC2C(CCC3C2CCC2(C)C(C(=O)CO)CCC32)C1.